The second kappa shape index (κ2) is 9.17. The average Bonchev–Trinajstić information content (AvgIpc) is 2.94. The lowest BCUT2D eigenvalue weighted by atomic mass is 10.1. The number of carbonyl (C=O) groups excluding carboxylic acids is 1. The lowest BCUT2D eigenvalue weighted by Gasteiger charge is -2.16. The summed E-state index contributed by atoms with van der Waals surface area (Å²) in [6.45, 7) is 2.96. The summed E-state index contributed by atoms with van der Waals surface area (Å²) >= 11 is 0. The molecule has 0 radical (unpaired) electrons. The molecule has 1 heterocycles. The highest BCUT2D eigenvalue weighted by Crippen LogP contribution is 2.18. The van der Waals surface area contributed by atoms with E-state index in [4.69, 9.17) is 4.74 Å². The fourth-order valence-electron chi connectivity index (χ4n) is 2.27. The maximum absolute atomic E-state index is 12.4. The second-order valence-corrected chi connectivity index (χ2v) is 4.93. The zero-order chi connectivity index (χ0) is 15.9. The summed E-state index contributed by atoms with van der Waals surface area (Å²) in [5, 5.41) is 10.1. The highest BCUT2D eigenvalue weighted by atomic mass is 35.5. The average molecular weight is 339 g/mol. The standard InChI is InChI=1S/C16H22N4O2.ClH/c1-4-22-14-8-6-5-7-12(14)9-18-16(21)15(17-2)13-10-19-20(3)11-13;/h5-8,10-11,15,17H,4,9H2,1-3H3,(H,18,21);1H. The molecule has 1 aromatic carbocycles. The second-order valence-electron chi connectivity index (χ2n) is 4.93. The van der Waals surface area contributed by atoms with Crippen molar-refractivity contribution in [1.82, 2.24) is 20.4 Å². The molecule has 0 saturated heterocycles. The van der Waals surface area contributed by atoms with Crippen molar-refractivity contribution in [3.05, 3.63) is 47.8 Å². The van der Waals surface area contributed by atoms with Gasteiger partial charge in [0.15, 0.2) is 0 Å². The number of para-hydroxylation sites is 1. The summed E-state index contributed by atoms with van der Waals surface area (Å²) < 4.78 is 7.24. The Bertz CT molecular complexity index is 630. The fourth-order valence-corrected chi connectivity index (χ4v) is 2.27. The van der Waals surface area contributed by atoms with Crippen molar-refractivity contribution >= 4 is 18.3 Å². The van der Waals surface area contributed by atoms with Crippen LogP contribution in [-0.2, 0) is 18.4 Å². The van der Waals surface area contributed by atoms with E-state index in [1.165, 1.54) is 0 Å². The van der Waals surface area contributed by atoms with Gasteiger partial charge < -0.3 is 15.4 Å². The normalized spacial score (nSPS) is 11.4. The highest BCUT2D eigenvalue weighted by Gasteiger charge is 2.20. The molecule has 2 N–H and O–H groups in total. The third-order valence-electron chi connectivity index (χ3n) is 3.33. The Morgan fingerprint density at radius 1 is 1.39 bits per heavy atom. The largest absolute Gasteiger partial charge is 0.494 e. The monoisotopic (exact) mass is 338 g/mol. The minimum Gasteiger partial charge on any atom is -0.494 e. The molecule has 2 rings (SSSR count). The first-order valence-corrected chi connectivity index (χ1v) is 7.30. The van der Waals surface area contributed by atoms with Gasteiger partial charge in [-0.25, -0.2) is 0 Å². The highest BCUT2D eigenvalue weighted by molar-refractivity contribution is 5.85. The van der Waals surface area contributed by atoms with Gasteiger partial charge in [-0.3, -0.25) is 9.48 Å². The van der Waals surface area contributed by atoms with E-state index in [0.29, 0.717) is 13.2 Å². The molecule has 1 amide bonds. The lowest BCUT2D eigenvalue weighted by molar-refractivity contribution is -0.123. The van der Waals surface area contributed by atoms with Crippen LogP contribution >= 0.6 is 12.4 Å². The van der Waals surface area contributed by atoms with E-state index in [9.17, 15) is 4.79 Å². The maximum atomic E-state index is 12.4. The fraction of sp³-hybridized carbons (Fsp3) is 0.375. The first kappa shape index (κ1) is 19.0. The Morgan fingerprint density at radius 3 is 2.74 bits per heavy atom. The molecule has 0 fully saturated rings. The van der Waals surface area contributed by atoms with Gasteiger partial charge in [-0.2, -0.15) is 5.10 Å². The molecule has 0 bridgehead atoms. The minimum atomic E-state index is -0.423. The van der Waals surface area contributed by atoms with E-state index in [1.807, 2.05) is 44.4 Å². The van der Waals surface area contributed by atoms with Crippen molar-refractivity contribution in [1.29, 1.82) is 0 Å². The number of carbonyl (C=O) groups is 1. The van der Waals surface area contributed by atoms with Gasteiger partial charge in [0.25, 0.3) is 0 Å². The molecular weight excluding hydrogens is 316 g/mol. The number of likely N-dealkylation sites (N-methyl/N-ethyl adjacent to an activating group) is 1. The molecule has 0 aliphatic rings. The number of hydrogen-bond acceptors (Lipinski definition) is 4. The zero-order valence-corrected chi connectivity index (χ0v) is 14.4. The number of rotatable bonds is 7. The van der Waals surface area contributed by atoms with Gasteiger partial charge in [0, 0.05) is 30.9 Å². The van der Waals surface area contributed by atoms with Crippen molar-refractivity contribution in [3.8, 4) is 5.75 Å². The topological polar surface area (TPSA) is 68.2 Å². The molecular formula is C16H23ClN4O2. The third kappa shape index (κ3) is 4.97. The van der Waals surface area contributed by atoms with Crippen molar-refractivity contribution in [2.75, 3.05) is 13.7 Å². The number of ether oxygens (including phenoxy) is 1. The lowest BCUT2D eigenvalue weighted by Crippen LogP contribution is -2.35. The Morgan fingerprint density at radius 2 is 2.13 bits per heavy atom. The van der Waals surface area contributed by atoms with E-state index >= 15 is 0 Å². The Balaban J connectivity index is 0.00000264. The molecule has 0 saturated carbocycles. The van der Waals surface area contributed by atoms with Gasteiger partial charge in [-0.05, 0) is 20.0 Å². The number of nitrogens with zero attached hydrogens (tertiary/aromatic N) is 2. The van der Waals surface area contributed by atoms with Gasteiger partial charge in [-0.1, -0.05) is 18.2 Å². The maximum Gasteiger partial charge on any atom is 0.242 e. The number of hydrogen-bond donors (Lipinski definition) is 2. The summed E-state index contributed by atoms with van der Waals surface area (Å²) in [7, 11) is 3.58. The van der Waals surface area contributed by atoms with Crippen LogP contribution in [0.1, 0.15) is 24.1 Å². The molecule has 7 heteroatoms. The van der Waals surface area contributed by atoms with Crippen LogP contribution < -0.4 is 15.4 Å². The van der Waals surface area contributed by atoms with Crippen LogP contribution in [-0.4, -0.2) is 29.3 Å². The van der Waals surface area contributed by atoms with Crippen LogP contribution in [0.25, 0.3) is 0 Å². The molecule has 1 aromatic heterocycles. The SMILES string of the molecule is CCOc1ccccc1CNC(=O)C(NC)c1cnn(C)c1.Cl. The molecule has 0 spiro atoms. The molecule has 6 nitrogen and oxygen atoms in total. The van der Waals surface area contributed by atoms with Crippen LogP contribution in [0.15, 0.2) is 36.7 Å². The predicted molar refractivity (Wildman–Crippen MR) is 91.7 cm³/mol. The van der Waals surface area contributed by atoms with Crippen LogP contribution in [0.2, 0.25) is 0 Å². The number of aryl methyl sites for hydroxylation is 1. The predicted octanol–water partition coefficient (Wildman–Crippen LogP) is 1.82. The number of aromatic nitrogens is 2. The van der Waals surface area contributed by atoms with Gasteiger partial charge in [-0.15, -0.1) is 12.4 Å². The number of amides is 1. The van der Waals surface area contributed by atoms with E-state index in [0.717, 1.165) is 16.9 Å². The molecule has 23 heavy (non-hydrogen) atoms. The van der Waals surface area contributed by atoms with Crippen molar-refractivity contribution < 1.29 is 9.53 Å². The van der Waals surface area contributed by atoms with E-state index in [2.05, 4.69) is 15.7 Å². The Labute approximate surface area is 142 Å². The van der Waals surface area contributed by atoms with Crippen LogP contribution in [0.4, 0.5) is 0 Å². The molecule has 0 aliphatic heterocycles. The third-order valence-corrected chi connectivity index (χ3v) is 3.33. The Kier molecular flexibility index (Phi) is 7.57. The summed E-state index contributed by atoms with van der Waals surface area (Å²) in [5.74, 6) is 0.703. The van der Waals surface area contributed by atoms with Crippen LogP contribution in [0, 0.1) is 0 Å². The van der Waals surface area contributed by atoms with Crippen LogP contribution in [0.3, 0.4) is 0 Å². The zero-order valence-electron chi connectivity index (χ0n) is 13.6. The first-order chi connectivity index (χ1) is 10.7. The minimum absolute atomic E-state index is 0. The van der Waals surface area contributed by atoms with E-state index in [1.54, 1.807) is 17.9 Å². The van der Waals surface area contributed by atoms with Gasteiger partial charge in [0.05, 0.1) is 12.8 Å². The van der Waals surface area contributed by atoms with E-state index < -0.39 is 6.04 Å². The summed E-state index contributed by atoms with van der Waals surface area (Å²) in [6, 6.07) is 7.28. The molecule has 1 atom stereocenters. The molecule has 1 unspecified atom stereocenters. The molecule has 2 aromatic rings. The quantitative estimate of drug-likeness (QED) is 0.808. The van der Waals surface area contributed by atoms with Crippen molar-refractivity contribution in [2.24, 2.45) is 7.05 Å². The number of halogens is 1. The summed E-state index contributed by atoms with van der Waals surface area (Å²) in [4.78, 5) is 12.4. The van der Waals surface area contributed by atoms with Gasteiger partial charge in [0.1, 0.15) is 11.8 Å². The first-order valence-electron chi connectivity index (χ1n) is 7.30. The number of benzene rings is 1. The van der Waals surface area contributed by atoms with Crippen molar-refractivity contribution in [2.45, 2.75) is 19.5 Å². The van der Waals surface area contributed by atoms with Gasteiger partial charge in [0.2, 0.25) is 5.91 Å². The smallest absolute Gasteiger partial charge is 0.242 e. The molecule has 0 aliphatic carbocycles. The Hall–Kier alpha value is -2.05. The van der Waals surface area contributed by atoms with Gasteiger partial charge >= 0.3 is 0 Å². The summed E-state index contributed by atoms with van der Waals surface area (Å²) in [6.07, 6.45) is 3.52. The van der Waals surface area contributed by atoms with E-state index in [-0.39, 0.29) is 18.3 Å². The number of nitrogens with one attached hydrogen (secondary N) is 2. The van der Waals surface area contributed by atoms with Crippen LogP contribution in [0.5, 0.6) is 5.75 Å². The van der Waals surface area contributed by atoms with Crippen molar-refractivity contribution in [3.63, 3.8) is 0 Å². The summed E-state index contributed by atoms with van der Waals surface area (Å²) in [5.41, 5.74) is 1.79. The molecule has 126 valence electrons.